The number of fused-ring (bicyclic) bond motifs is 1. The summed E-state index contributed by atoms with van der Waals surface area (Å²) >= 11 is 0. The Kier molecular flexibility index (Phi) is 5.45. The molecule has 0 atom stereocenters. The molecule has 5 heteroatoms. The van der Waals surface area contributed by atoms with Crippen LogP contribution in [-0.4, -0.2) is 20.0 Å². The lowest BCUT2D eigenvalue weighted by molar-refractivity contribution is 0.102. The predicted molar refractivity (Wildman–Crippen MR) is 100 cm³/mol. The zero-order valence-electron chi connectivity index (χ0n) is 15.5. The Morgan fingerprint density at radius 2 is 1.92 bits per heavy atom. The molecule has 0 bridgehead atoms. The standard InChI is InChI=1S/C21H24O5/c1-4-8-14-11-17(22)26-21-18(14)15(24-2)12-16(25-3)19(21)20(23)13-9-6-5-7-10-13/h9,11-12H,4-8,10H2,1-3H3. The topological polar surface area (TPSA) is 65.7 Å². The second-order valence-electron chi connectivity index (χ2n) is 6.51. The molecule has 0 unspecified atom stereocenters. The van der Waals surface area contributed by atoms with E-state index in [-0.39, 0.29) is 11.4 Å². The normalized spacial score (nSPS) is 14.2. The van der Waals surface area contributed by atoms with E-state index in [0.29, 0.717) is 28.9 Å². The van der Waals surface area contributed by atoms with Gasteiger partial charge < -0.3 is 13.9 Å². The summed E-state index contributed by atoms with van der Waals surface area (Å²) < 4.78 is 16.5. The minimum absolute atomic E-state index is 0.133. The Balaban J connectivity index is 2.35. The van der Waals surface area contributed by atoms with Gasteiger partial charge in [0.05, 0.1) is 19.6 Å². The summed E-state index contributed by atoms with van der Waals surface area (Å²) in [5, 5.41) is 0.675. The Labute approximate surface area is 152 Å². The van der Waals surface area contributed by atoms with E-state index in [1.165, 1.54) is 13.2 Å². The summed E-state index contributed by atoms with van der Waals surface area (Å²) in [5.41, 5.74) is 1.68. The molecule has 0 radical (unpaired) electrons. The highest BCUT2D eigenvalue weighted by molar-refractivity contribution is 6.18. The van der Waals surface area contributed by atoms with Crippen LogP contribution in [0.2, 0.25) is 0 Å². The number of ether oxygens (including phenoxy) is 2. The van der Waals surface area contributed by atoms with E-state index in [1.807, 2.05) is 13.0 Å². The quantitative estimate of drug-likeness (QED) is 0.565. The van der Waals surface area contributed by atoms with Gasteiger partial charge in [-0.2, -0.15) is 0 Å². The molecule has 1 aliphatic rings. The van der Waals surface area contributed by atoms with Crippen molar-refractivity contribution in [2.45, 2.75) is 45.4 Å². The van der Waals surface area contributed by atoms with Crippen molar-refractivity contribution in [2.24, 2.45) is 0 Å². The molecule has 1 aliphatic carbocycles. The minimum Gasteiger partial charge on any atom is -0.496 e. The third-order valence-corrected chi connectivity index (χ3v) is 4.79. The molecule has 0 aliphatic heterocycles. The molecule has 0 saturated carbocycles. The molecule has 1 aromatic carbocycles. The van der Waals surface area contributed by atoms with Crippen molar-refractivity contribution in [3.05, 3.63) is 45.3 Å². The van der Waals surface area contributed by atoms with Gasteiger partial charge in [0.25, 0.3) is 0 Å². The lowest BCUT2D eigenvalue weighted by Gasteiger charge is -2.17. The molecule has 26 heavy (non-hydrogen) atoms. The van der Waals surface area contributed by atoms with Crippen molar-refractivity contribution < 1.29 is 18.7 Å². The first-order valence-corrected chi connectivity index (χ1v) is 9.06. The van der Waals surface area contributed by atoms with E-state index in [1.54, 1.807) is 13.2 Å². The summed E-state index contributed by atoms with van der Waals surface area (Å²) in [6, 6.07) is 3.19. The fraction of sp³-hybridized carbons (Fsp3) is 0.429. The number of rotatable bonds is 6. The van der Waals surface area contributed by atoms with Crippen LogP contribution < -0.4 is 15.1 Å². The molecule has 3 rings (SSSR count). The number of benzene rings is 1. The van der Waals surface area contributed by atoms with Crippen LogP contribution >= 0.6 is 0 Å². The van der Waals surface area contributed by atoms with Gasteiger partial charge in [0, 0.05) is 12.1 Å². The van der Waals surface area contributed by atoms with Crippen LogP contribution in [0.3, 0.4) is 0 Å². The lowest BCUT2D eigenvalue weighted by atomic mass is 9.91. The average molecular weight is 356 g/mol. The number of carbonyl (C=O) groups excluding carboxylic acids is 1. The summed E-state index contributed by atoms with van der Waals surface area (Å²) in [5.74, 6) is 0.770. The first-order chi connectivity index (χ1) is 12.6. The van der Waals surface area contributed by atoms with Crippen LogP contribution in [0, 0.1) is 0 Å². The summed E-state index contributed by atoms with van der Waals surface area (Å²) in [7, 11) is 3.06. The second-order valence-corrected chi connectivity index (χ2v) is 6.51. The third kappa shape index (κ3) is 3.26. The lowest BCUT2D eigenvalue weighted by Crippen LogP contribution is -2.12. The van der Waals surface area contributed by atoms with Gasteiger partial charge in [-0.05, 0) is 43.2 Å². The van der Waals surface area contributed by atoms with Crippen LogP contribution in [0.15, 0.2) is 33.0 Å². The van der Waals surface area contributed by atoms with Crippen molar-refractivity contribution in [1.29, 1.82) is 0 Å². The highest BCUT2D eigenvalue weighted by atomic mass is 16.5. The highest BCUT2D eigenvalue weighted by Crippen LogP contribution is 2.39. The van der Waals surface area contributed by atoms with E-state index in [2.05, 4.69) is 0 Å². The van der Waals surface area contributed by atoms with E-state index in [9.17, 15) is 9.59 Å². The van der Waals surface area contributed by atoms with Crippen LogP contribution in [0.1, 0.15) is 54.9 Å². The monoisotopic (exact) mass is 356 g/mol. The Bertz CT molecular complexity index is 920. The number of methoxy groups -OCH3 is 2. The molecule has 0 saturated heterocycles. The summed E-state index contributed by atoms with van der Waals surface area (Å²) in [4.78, 5) is 25.4. The fourth-order valence-corrected chi connectivity index (χ4v) is 3.57. The van der Waals surface area contributed by atoms with Crippen molar-refractivity contribution in [3.8, 4) is 11.5 Å². The van der Waals surface area contributed by atoms with Crippen LogP contribution in [0.5, 0.6) is 11.5 Å². The zero-order valence-corrected chi connectivity index (χ0v) is 15.5. The Hall–Kier alpha value is -2.56. The van der Waals surface area contributed by atoms with E-state index in [4.69, 9.17) is 13.9 Å². The van der Waals surface area contributed by atoms with E-state index >= 15 is 0 Å². The van der Waals surface area contributed by atoms with Crippen LogP contribution in [-0.2, 0) is 6.42 Å². The molecule has 1 aromatic heterocycles. The number of carbonyl (C=O) groups is 1. The smallest absolute Gasteiger partial charge is 0.336 e. The van der Waals surface area contributed by atoms with Gasteiger partial charge in [0.1, 0.15) is 17.1 Å². The Morgan fingerprint density at radius 1 is 1.15 bits per heavy atom. The molecular weight excluding hydrogens is 332 g/mol. The first-order valence-electron chi connectivity index (χ1n) is 9.06. The maximum atomic E-state index is 13.2. The molecule has 0 fully saturated rings. The van der Waals surface area contributed by atoms with Crippen molar-refractivity contribution >= 4 is 16.8 Å². The van der Waals surface area contributed by atoms with Gasteiger partial charge in [-0.3, -0.25) is 4.79 Å². The van der Waals surface area contributed by atoms with Gasteiger partial charge in [0.15, 0.2) is 11.4 Å². The molecule has 1 heterocycles. The molecular formula is C21H24O5. The van der Waals surface area contributed by atoms with E-state index in [0.717, 1.165) is 43.2 Å². The molecule has 5 nitrogen and oxygen atoms in total. The van der Waals surface area contributed by atoms with Gasteiger partial charge in [-0.15, -0.1) is 0 Å². The zero-order chi connectivity index (χ0) is 18.7. The number of aryl methyl sites for hydroxylation is 1. The number of hydrogen-bond donors (Lipinski definition) is 0. The number of hydrogen-bond acceptors (Lipinski definition) is 5. The average Bonchev–Trinajstić information content (AvgIpc) is 2.66. The number of allylic oxidation sites excluding steroid dienone is 2. The third-order valence-electron chi connectivity index (χ3n) is 4.79. The summed E-state index contributed by atoms with van der Waals surface area (Å²) in [6.45, 7) is 2.04. The molecule has 2 aromatic rings. The molecule has 0 N–H and O–H groups in total. The summed E-state index contributed by atoms with van der Waals surface area (Å²) in [6.07, 6.45) is 7.24. The van der Waals surface area contributed by atoms with Crippen LogP contribution in [0.25, 0.3) is 11.0 Å². The van der Waals surface area contributed by atoms with Gasteiger partial charge >= 0.3 is 5.63 Å². The Morgan fingerprint density at radius 3 is 2.54 bits per heavy atom. The van der Waals surface area contributed by atoms with Crippen molar-refractivity contribution in [1.82, 2.24) is 0 Å². The molecule has 0 spiro atoms. The minimum atomic E-state index is -0.470. The SMILES string of the molecule is CCCc1cc(=O)oc2c(C(=O)C3=CCCCC3)c(OC)cc(OC)c12. The maximum Gasteiger partial charge on any atom is 0.336 e. The van der Waals surface area contributed by atoms with E-state index < -0.39 is 5.63 Å². The first kappa shape index (κ1) is 18.2. The molecule has 138 valence electrons. The largest absolute Gasteiger partial charge is 0.496 e. The van der Waals surface area contributed by atoms with Crippen molar-refractivity contribution in [2.75, 3.05) is 14.2 Å². The second kappa shape index (κ2) is 7.77. The van der Waals surface area contributed by atoms with Gasteiger partial charge in [-0.25, -0.2) is 4.79 Å². The van der Waals surface area contributed by atoms with Crippen molar-refractivity contribution in [3.63, 3.8) is 0 Å². The van der Waals surface area contributed by atoms with Crippen LogP contribution in [0.4, 0.5) is 0 Å². The fourth-order valence-electron chi connectivity index (χ4n) is 3.57. The number of ketones is 1. The number of Topliss-reactive ketones (excluding diaryl/α,β-unsaturated/α-hetero) is 1. The maximum absolute atomic E-state index is 13.2. The highest BCUT2D eigenvalue weighted by Gasteiger charge is 2.26. The van der Waals surface area contributed by atoms with Gasteiger partial charge in [0.2, 0.25) is 0 Å². The van der Waals surface area contributed by atoms with Gasteiger partial charge in [-0.1, -0.05) is 19.4 Å². The predicted octanol–water partition coefficient (Wildman–Crippen LogP) is 4.45. The molecule has 0 amide bonds.